The van der Waals surface area contributed by atoms with Gasteiger partial charge in [0.15, 0.2) is 0 Å². The lowest BCUT2D eigenvalue weighted by molar-refractivity contribution is -0.157. The number of nitrogens with zero attached hydrogens (tertiary/aromatic N) is 4. The van der Waals surface area contributed by atoms with Crippen molar-refractivity contribution in [1.29, 1.82) is 0 Å². The van der Waals surface area contributed by atoms with E-state index in [9.17, 15) is 33.6 Å². The SMILES string of the molecule is CCCC[C@@H](C)C[C@@H](C)C(=O)N(C)[C@@H](CC(C)C)C(=O)N[C@H](C(=O)N(C)[C@H](C(=O)N1CCC[C@H]1C(=O)N1C(=O)C=C[C@@H]1C)C(C)C)C(C)OC(C)=O. The van der Waals surface area contributed by atoms with Crippen LogP contribution in [0.25, 0.3) is 0 Å². The lowest BCUT2D eigenvalue weighted by Crippen LogP contribution is -2.62. The monoisotopic (exact) mass is 731 g/mol. The van der Waals surface area contributed by atoms with Crippen molar-refractivity contribution < 1.29 is 38.3 Å². The van der Waals surface area contributed by atoms with E-state index < -0.39 is 77.7 Å². The van der Waals surface area contributed by atoms with Crippen LogP contribution in [0.2, 0.25) is 0 Å². The first-order valence-electron chi connectivity index (χ1n) is 19.1. The van der Waals surface area contributed by atoms with Gasteiger partial charge in [-0.25, -0.2) is 0 Å². The zero-order valence-electron chi connectivity index (χ0n) is 33.6. The molecule has 1 unspecified atom stereocenters. The molecule has 1 saturated heterocycles. The standard InChI is InChI=1S/C39H65N5O8/c1-13-14-16-25(6)22-26(7)36(48)41(11)31(21-23(2)3)35(47)40-33(28(9)52-29(10)45)38(50)42(12)34(24(4)5)39(51)43-20-15-17-30(43)37(49)44-27(8)18-19-32(44)46/h18-19,23-28,30-31,33-34H,13-17,20-22H2,1-12H3,(H,40,47)/t25-,26-,27+,28?,30+,31+,33+,34+/m1/s1. The molecule has 2 heterocycles. The van der Waals surface area contributed by atoms with Crippen LogP contribution < -0.4 is 5.32 Å². The summed E-state index contributed by atoms with van der Waals surface area (Å²) in [5, 5.41) is 2.80. The summed E-state index contributed by atoms with van der Waals surface area (Å²) in [5.74, 6) is -3.76. The molecule has 0 bridgehead atoms. The van der Waals surface area contributed by atoms with E-state index in [1.54, 1.807) is 33.9 Å². The summed E-state index contributed by atoms with van der Waals surface area (Å²) in [4.78, 5) is 99.8. The smallest absolute Gasteiger partial charge is 0.302 e. The van der Waals surface area contributed by atoms with Gasteiger partial charge >= 0.3 is 5.97 Å². The van der Waals surface area contributed by atoms with Gasteiger partial charge in [-0.2, -0.15) is 0 Å². The zero-order valence-corrected chi connectivity index (χ0v) is 33.6. The van der Waals surface area contributed by atoms with Crippen molar-refractivity contribution >= 4 is 41.4 Å². The second-order valence-electron chi connectivity index (χ2n) is 15.8. The first-order chi connectivity index (χ1) is 24.2. The Kier molecular flexibility index (Phi) is 17.0. The summed E-state index contributed by atoms with van der Waals surface area (Å²) in [5.41, 5.74) is 0. The highest BCUT2D eigenvalue weighted by molar-refractivity contribution is 6.06. The van der Waals surface area contributed by atoms with Crippen molar-refractivity contribution in [2.24, 2.45) is 23.7 Å². The number of imide groups is 1. The van der Waals surface area contributed by atoms with E-state index in [0.717, 1.165) is 24.2 Å². The van der Waals surface area contributed by atoms with E-state index in [2.05, 4.69) is 19.2 Å². The molecule has 6 amide bonds. The predicted octanol–water partition coefficient (Wildman–Crippen LogP) is 3.94. The largest absolute Gasteiger partial charge is 0.460 e. The third-order valence-electron chi connectivity index (χ3n) is 10.3. The summed E-state index contributed by atoms with van der Waals surface area (Å²) in [6.07, 6.45) is 6.99. The van der Waals surface area contributed by atoms with E-state index in [1.165, 1.54) is 41.7 Å². The molecule has 8 atom stereocenters. The molecule has 13 nitrogen and oxygen atoms in total. The summed E-state index contributed by atoms with van der Waals surface area (Å²) in [7, 11) is 3.06. The molecular weight excluding hydrogens is 666 g/mol. The molecule has 13 heteroatoms. The molecule has 294 valence electrons. The molecule has 52 heavy (non-hydrogen) atoms. The number of carbonyl (C=O) groups is 7. The van der Waals surface area contributed by atoms with Crippen LogP contribution in [0.5, 0.6) is 0 Å². The van der Waals surface area contributed by atoms with Crippen LogP contribution in [-0.2, 0) is 38.3 Å². The second-order valence-corrected chi connectivity index (χ2v) is 15.8. The second kappa shape index (κ2) is 19.9. The number of nitrogens with one attached hydrogen (secondary N) is 1. The molecule has 1 fully saturated rings. The van der Waals surface area contributed by atoms with Gasteiger partial charge in [0, 0.05) is 39.6 Å². The number of esters is 1. The van der Waals surface area contributed by atoms with E-state index in [-0.39, 0.29) is 24.3 Å². The Morgan fingerprint density at radius 3 is 2.12 bits per heavy atom. The van der Waals surface area contributed by atoms with Crippen LogP contribution in [0.3, 0.4) is 0 Å². The fraction of sp³-hybridized carbons (Fsp3) is 0.769. The maximum Gasteiger partial charge on any atom is 0.302 e. The van der Waals surface area contributed by atoms with Gasteiger partial charge in [-0.05, 0) is 57.3 Å². The molecule has 0 aromatic heterocycles. The molecule has 2 aliphatic rings. The van der Waals surface area contributed by atoms with E-state index in [4.69, 9.17) is 4.74 Å². The number of carbonyl (C=O) groups excluding carboxylic acids is 7. The highest BCUT2D eigenvalue weighted by atomic mass is 16.5. The van der Waals surface area contributed by atoms with Gasteiger partial charge in [-0.15, -0.1) is 0 Å². The average Bonchev–Trinajstić information content (AvgIpc) is 3.69. The topological polar surface area (TPSA) is 154 Å². The van der Waals surface area contributed by atoms with Crippen molar-refractivity contribution in [3.05, 3.63) is 12.2 Å². The fourth-order valence-corrected chi connectivity index (χ4v) is 7.49. The Morgan fingerprint density at radius 2 is 1.60 bits per heavy atom. The Hall–Kier alpha value is -3.77. The van der Waals surface area contributed by atoms with Crippen LogP contribution in [0.15, 0.2) is 12.2 Å². The van der Waals surface area contributed by atoms with E-state index in [0.29, 0.717) is 31.6 Å². The third-order valence-corrected chi connectivity index (χ3v) is 10.3. The average molecular weight is 732 g/mol. The zero-order chi connectivity index (χ0) is 39.6. The Morgan fingerprint density at radius 1 is 0.962 bits per heavy atom. The van der Waals surface area contributed by atoms with Gasteiger partial charge in [0.1, 0.15) is 30.3 Å². The van der Waals surface area contributed by atoms with Crippen molar-refractivity contribution in [1.82, 2.24) is 24.9 Å². The molecule has 0 aromatic rings. The molecule has 0 aliphatic carbocycles. The molecule has 0 aromatic carbocycles. The minimum atomic E-state index is -1.38. The summed E-state index contributed by atoms with van der Waals surface area (Å²) >= 11 is 0. The number of rotatable bonds is 18. The third kappa shape index (κ3) is 11.4. The predicted molar refractivity (Wildman–Crippen MR) is 198 cm³/mol. The first kappa shape index (κ1) is 44.4. The molecule has 2 aliphatic heterocycles. The highest BCUT2D eigenvalue weighted by Gasteiger charge is 2.46. The van der Waals surface area contributed by atoms with Crippen LogP contribution in [0, 0.1) is 23.7 Å². The van der Waals surface area contributed by atoms with E-state index in [1.807, 2.05) is 20.8 Å². The molecule has 1 N–H and O–H groups in total. The van der Waals surface area contributed by atoms with Gasteiger partial charge in [0.25, 0.3) is 11.8 Å². The number of unbranched alkanes of at least 4 members (excludes halogenated alkanes) is 1. The summed E-state index contributed by atoms with van der Waals surface area (Å²) in [6, 6.07) is -4.62. The van der Waals surface area contributed by atoms with Gasteiger partial charge in [0.2, 0.25) is 23.6 Å². The maximum absolute atomic E-state index is 14.4. The van der Waals surface area contributed by atoms with Gasteiger partial charge in [0.05, 0.1) is 6.04 Å². The molecule has 0 saturated carbocycles. The van der Waals surface area contributed by atoms with Gasteiger partial charge in [-0.1, -0.05) is 73.8 Å². The summed E-state index contributed by atoms with van der Waals surface area (Å²) < 4.78 is 5.43. The first-order valence-corrected chi connectivity index (χ1v) is 19.1. The van der Waals surface area contributed by atoms with Crippen LogP contribution >= 0.6 is 0 Å². The molecular formula is C39H65N5O8. The number of hydrogen-bond acceptors (Lipinski definition) is 8. The number of likely N-dealkylation sites (tertiary alicyclic amines) is 1. The Balaban J connectivity index is 2.38. The number of likely N-dealkylation sites (N-methyl/N-ethyl adjacent to an activating group) is 2. The Bertz CT molecular complexity index is 1330. The molecule has 0 spiro atoms. The number of hydrogen-bond donors (Lipinski definition) is 1. The van der Waals surface area contributed by atoms with Gasteiger partial charge in [-0.3, -0.25) is 38.5 Å². The Labute approximate surface area is 311 Å². The highest BCUT2D eigenvalue weighted by Crippen LogP contribution is 2.27. The summed E-state index contributed by atoms with van der Waals surface area (Å²) in [6.45, 7) is 18.3. The maximum atomic E-state index is 14.4. The lowest BCUT2D eigenvalue weighted by Gasteiger charge is -2.38. The van der Waals surface area contributed by atoms with Crippen molar-refractivity contribution in [3.63, 3.8) is 0 Å². The molecule has 2 rings (SSSR count). The lowest BCUT2D eigenvalue weighted by atomic mass is 9.91. The van der Waals surface area contributed by atoms with Crippen molar-refractivity contribution in [2.45, 2.75) is 150 Å². The number of amides is 6. The van der Waals surface area contributed by atoms with Crippen LogP contribution in [0.4, 0.5) is 0 Å². The molecule has 0 radical (unpaired) electrons. The number of ether oxygens (including phenoxy) is 1. The quantitative estimate of drug-likeness (QED) is 0.164. The minimum Gasteiger partial charge on any atom is -0.460 e. The van der Waals surface area contributed by atoms with E-state index >= 15 is 0 Å². The minimum absolute atomic E-state index is 0.0289. The van der Waals surface area contributed by atoms with Gasteiger partial charge < -0.3 is 24.8 Å². The normalized spacial score (nSPS) is 20.7. The van der Waals surface area contributed by atoms with Crippen molar-refractivity contribution in [3.8, 4) is 0 Å². The van der Waals surface area contributed by atoms with Crippen LogP contribution in [0.1, 0.15) is 114 Å². The van der Waals surface area contributed by atoms with Crippen molar-refractivity contribution in [2.75, 3.05) is 20.6 Å². The fourth-order valence-electron chi connectivity index (χ4n) is 7.49. The van der Waals surface area contributed by atoms with Crippen LogP contribution in [-0.4, -0.2) is 118 Å².